The van der Waals surface area contributed by atoms with Crippen LogP contribution in [0.25, 0.3) is 0 Å². The molecule has 0 spiro atoms. The number of anilines is 1. The van der Waals surface area contributed by atoms with Crippen molar-refractivity contribution in [2.75, 3.05) is 25.1 Å². The maximum atomic E-state index is 12.8. The van der Waals surface area contributed by atoms with Crippen LogP contribution in [0.2, 0.25) is 0 Å². The zero-order chi connectivity index (χ0) is 16.7. The molecule has 24 heavy (non-hydrogen) atoms. The summed E-state index contributed by atoms with van der Waals surface area (Å²) in [5.74, 6) is 1.86. The smallest absolute Gasteiger partial charge is 0.290 e. The van der Waals surface area contributed by atoms with E-state index >= 15 is 0 Å². The van der Waals surface area contributed by atoms with Gasteiger partial charge in [0.2, 0.25) is 5.88 Å². The van der Waals surface area contributed by atoms with Gasteiger partial charge in [0.15, 0.2) is 5.76 Å². The second kappa shape index (κ2) is 5.81. The third kappa shape index (κ3) is 2.31. The maximum absolute atomic E-state index is 12.8. The Labute approximate surface area is 140 Å². The Morgan fingerprint density at radius 2 is 2.12 bits per heavy atom. The van der Waals surface area contributed by atoms with Gasteiger partial charge in [-0.2, -0.15) is 0 Å². The molecule has 2 fully saturated rings. The quantitative estimate of drug-likeness (QED) is 0.857. The molecule has 2 saturated heterocycles. The topological polar surface area (TPSA) is 71.7 Å². The van der Waals surface area contributed by atoms with E-state index in [1.807, 2.05) is 24.0 Å². The summed E-state index contributed by atoms with van der Waals surface area (Å²) < 4.78 is 10.6. The molecule has 7 nitrogen and oxygen atoms in total. The van der Waals surface area contributed by atoms with Crippen LogP contribution >= 0.6 is 0 Å². The first-order chi connectivity index (χ1) is 11.7. The number of carbonyl (C=O) groups excluding carboxylic acids is 1. The number of carbonyl (C=O) groups is 1. The molecule has 0 radical (unpaired) electrons. The Bertz CT molecular complexity index is 760. The van der Waals surface area contributed by atoms with Crippen LogP contribution in [0.15, 0.2) is 29.1 Å². The number of nitrogens with zero attached hydrogens (tertiary/aromatic N) is 4. The van der Waals surface area contributed by atoms with Gasteiger partial charge in [-0.15, -0.1) is 0 Å². The van der Waals surface area contributed by atoms with E-state index in [0.29, 0.717) is 11.6 Å². The molecule has 2 aromatic heterocycles. The average Bonchev–Trinajstić information content (AvgIpc) is 3.30. The number of hydrogen-bond acceptors (Lipinski definition) is 6. The van der Waals surface area contributed by atoms with Gasteiger partial charge >= 0.3 is 0 Å². The number of aryl methyl sites for hydroxylation is 1. The molecule has 4 heterocycles. The highest BCUT2D eigenvalue weighted by molar-refractivity contribution is 5.93. The zero-order valence-corrected chi connectivity index (χ0v) is 13.8. The average molecular weight is 328 g/mol. The Morgan fingerprint density at radius 3 is 2.88 bits per heavy atom. The van der Waals surface area contributed by atoms with E-state index in [9.17, 15) is 4.79 Å². The predicted molar refractivity (Wildman–Crippen MR) is 87.2 cm³/mol. The van der Waals surface area contributed by atoms with Crippen molar-refractivity contribution in [1.82, 2.24) is 14.9 Å². The molecule has 0 aromatic carbocycles. The lowest BCUT2D eigenvalue weighted by Crippen LogP contribution is -2.40. The van der Waals surface area contributed by atoms with Gasteiger partial charge in [0.05, 0.1) is 25.5 Å². The van der Waals surface area contributed by atoms with Crippen molar-refractivity contribution >= 4 is 11.7 Å². The van der Waals surface area contributed by atoms with E-state index in [0.717, 1.165) is 37.3 Å². The highest BCUT2D eigenvalue weighted by Gasteiger charge is 2.45. The molecular formula is C17H20N4O3. The number of aromatic nitrogens is 2. The monoisotopic (exact) mass is 328 g/mol. The molecule has 7 heteroatoms. The fourth-order valence-electron chi connectivity index (χ4n) is 3.84. The summed E-state index contributed by atoms with van der Waals surface area (Å²) in [6, 6.07) is 4.16. The van der Waals surface area contributed by atoms with Crippen molar-refractivity contribution in [2.24, 2.45) is 0 Å². The van der Waals surface area contributed by atoms with Gasteiger partial charge < -0.3 is 19.0 Å². The Morgan fingerprint density at radius 1 is 1.29 bits per heavy atom. The van der Waals surface area contributed by atoms with E-state index < -0.39 is 0 Å². The molecule has 1 amide bonds. The second-order valence-electron chi connectivity index (χ2n) is 6.26. The molecule has 0 N–H and O–H groups in total. The van der Waals surface area contributed by atoms with E-state index in [4.69, 9.17) is 9.15 Å². The van der Waals surface area contributed by atoms with Crippen molar-refractivity contribution in [2.45, 2.75) is 31.8 Å². The van der Waals surface area contributed by atoms with Gasteiger partial charge in [0, 0.05) is 24.7 Å². The van der Waals surface area contributed by atoms with Crippen LogP contribution in [0.1, 0.15) is 29.0 Å². The number of rotatable bonds is 3. The summed E-state index contributed by atoms with van der Waals surface area (Å²) in [7, 11) is 1.60. The first-order valence-corrected chi connectivity index (χ1v) is 8.17. The number of fused-ring (bicyclic) bond motifs is 1. The van der Waals surface area contributed by atoms with Gasteiger partial charge in [0.25, 0.3) is 5.91 Å². The summed E-state index contributed by atoms with van der Waals surface area (Å²) in [6.45, 7) is 3.52. The molecule has 0 aliphatic carbocycles. The van der Waals surface area contributed by atoms with Gasteiger partial charge in [-0.1, -0.05) is 0 Å². The van der Waals surface area contributed by atoms with Crippen LogP contribution in [0.3, 0.4) is 0 Å². The van der Waals surface area contributed by atoms with Gasteiger partial charge in [0.1, 0.15) is 12.1 Å². The summed E-state index contributed by atoms with van der Waals surface area (Å²) in [5, 5.41) is 0. The standard InChI is InChI=1S/C17H20N4O3/c1-11-5-8-24-16(11)17(22)21-7-4-12-13(21)3-6-20(12)14-9-15(23-2)19-10-18-14/h5,8-10,12-13H,3-4,6-7H2,1-2H3/t12-,13+/m0/s1. The lowest BCUT2D eigenvalue weighted by molar-refractivity contribution is 0.0704. The highest BCUT2D eigenvalue weighted by atomic mass is 16.5. The molecule has 126 valence electrons. The Hall–Kier alpha value is -2.57. The van der Waals surface area contributed by atoms with E-state index in [-0.39, 0.29) is 18.0 Å². The fraction of sp³-hybridized carbons (Fsp3) is 0.471. The largest absolute Gasteiger partial charge is 0.481 e. The van der Waals surface area contributed by atoms with Crippen LogP contribution in [0, 0.1) is 6.92 Å². The van der Waals surface area contributed by atoms with Crippen molar-refractivity contribution in [3.8, 4) is 5.88 Å². The van der Waals surface area contributed by atoms with Gasteiger partial charge in [-0.05, 0) is 25.8 Å². The highest BCUT2D eigenvalue weighted by Crippen LogP contribution is 2.35. The van der Waals surface area contributed by atoms with Crippen LogP contribution in [0.4, 0.5) is 5.82 Å². The third-order valence-electron chi connectivity index (χ3n) is 5.02. The fourth-order valence-corrected chi connectivity index (χ4v) is 3.84. The summed E-state index contributed by atoms with van der Waals surface area (Å²) in [4.78, 5) is 25.4. The molecular weight excluding hydrogens is 308 g/mol. The molecule has 2 aromatic rings. The molecule has 2 aliphatic rings. The van der Waals surface area contributed by atoms with E-state index in [1.54, 1.807) is 13.4 Å². The zero-order valence-electron chi connectivity index (χ0n) is 13.8. The molecule has 4 rings (SSSR count). The van der Waals surface area contributed by atoms with Crippen LogP contribution in [-0.4, -0.2) is 53.1 Å². The van der Waals surface area contributed by atoms with E-state index in [2.05, 4.69) is 14.9 Å². The van der Waals surface area contributed by atoms with Crippen LogP contribution in [0.5, 0.6) is 5.88 Å². The van der Waals surface area contributed by atoms with E-state index in [1.165, 1.54) is 6.33 Å². The first-order valence-electron chi connectivity index (χ1n) is 8.17. The van der Waals surface area contributed by atoms with Crippen molar-refractivity contribution in [3.05, 3.63) is 36.0 Å². The normalized spacial score (nSPS) is 22.8. The number of ether oxygens (including phenoxy) is 1. The minimum atomic E-state index is -0.00730. The number of likely N-dealkylation sites (tertiary alicyclic amines) is 1. The second-order valence-corrected chi connectivity index (χ2v) is 6.26. The molecule has 0 unspecified atom stereocenters. The lowest BCUT2D eigenvalue weighted by atomic mass is 10.1. The Kier molecular flexibility index (Phi) is 3.63. The minimum absolute atomic E-state index is 0.00730. The molecule has 0 saturated carbocycles. The van der Waals surface area contributed by atoms with Gasteiger partial charge in [-0.25, -0.2) is 9.97 Å². The van der Waals surface area contributed by atoms with Gasteiger partial charge in [-0.3, -0.25) is 4.79 Å². The van der Waals surface area contributed by atoms with Crippen molar-refractivity contribution < 1.29 is 13.9 Å². The number of furan rings is 1. The number of methoxy groups -OCH3 is 1. The third-order valence-corrected chi connectivity index (χ3v) is 5.02. The number of hydrogen-bond donors (Lipinski definition) is 0. The predicted octanol–water partition coefficient (Wildman–Crippen LogP) is 1.88. The summed E-state index contributed by atoms with van der Waals surface area (Å²) in [6.07, 6.45) is 4.96. The summed E-state index contributed by atoms with van der Waals surface area (Å²) >= 11 is 0. The van der Waals surface area contributed by atoms with Crippen molar-refractivity contribution in [1.29, 1.82) is 0 Å². The van der Waals surface area contributed by atoms with Crippen molar-refractivity contribution in [3.63, 3.8) is 0 Å². The minimum Gasteiger partial charge on any atom is -0.481 e. The maximum Gasteiger partial charge on any atom is 0.290 e. The number of amides is 1. The molecule has 2 atom stereocenters. The summed E-state index contributed by atoms with van der Waals surface area (Å²) in [5.41, 5.74) is 0.888. The molecule has 0 bridgehead atoms. The van der Waals surface area contributed by atoms with Crippen LogP contribution in [-0.2, 0) is 0 Å². The van der Waals surface area contributed by atoms with Crippen LogP contribution < -0.4 is 9.64 Å². The lowest BCUT2D eigenvalue weighted by Gasteiger charge is -2.26. The Balaban J connectivity index is 1.55. The SMILES string of the molecule is COc1cc(N2CC[C@@H]3[C@@H]2CCN3C(=O)c2occc2C)ncn1. The molecule has 2 aliphatic heterocycles. The first kappa shape index (κ1) is 15.0.